The van der Waals surface area contributed by atoms with Crippen molar-refractivity contribution in [2.45, 2.75) is 6.92 Å². The first-order valence-corrected chi connectivity index (χ1v) is 7.57. The molecule has 0 radical (unpaired) electrons. The zero-order chi connectivity index (χ0) is 17.3. The molecular weight excluding hydrogens is 331 g/mol. The zero-order valence-corrected chi connectivity index (χ0v) is 13.8. The second-order valence-corrected chi connectivity index (χ2v) is 5.69. The standard InChI is InChI=1S/C18H14ClFN2O2/c1-10-14(8-11-7-13(20)4-5-15(11)21-10)18(23)22-16-9-12(19)3-6-17(16)24-2/h3-9H,1-2H3,(H,22,23). The molecule has 0 bridgehead atoms. The number of hydrogen-bond donors (Lipinski definition) is 1. The Labute approximate surface area is 143 Å². The number of rotatable bonds is 3. The number of nitrogens with one attached hydrogen (secondary N) is 1. The molecule has 1 aromatic heterocycles. The van der Waals surface area contributed by atoms with Crippen LogP contribution in [-0.4, -0.2) is 18.0 Å². The smallest absolute Gasteiger partial charge is 0.257 e. The van der Waals surface area contributed by atoms with Crippen LogP contribution in [0.4, 0.5) is 10.1 Å². The van der Waals surface area contributed by atoms with Crippen LogP contribution in [0, 0.1) is 12.7 Å². The highest BCUT2D eigenvalue weighted by atomic mass is 35.5. The number of fused-ring (bicyclic) bond motifs is 1. The molecule has 0 aliphatic heterocycles. The number of hydrogen-bond acceptors (Lipinski definition) is 3. The molecule has 1 N–H and O–H groups in total. The van der Waals surface area contributed by atoms with E-state index in [1.54, 1.807) is 37.3 Å². The molecule has 4 nitrogen and oxygen atoms in total. The maximum atomic E-state index is 13.4. The van der Waals surface area contributed by atoms with Crippen molar-refractivity contribution in [3.63, 3.8) is 0 Å². The van der Waals surface area contributed by atoms with Gasteiger partial charge < -0.3 is 10.1 Å². The number of pyridine rings is 1. The van der Waals surface area contributed by atoms with Gasteiger partial charge >= 0.3 is 0 Å². The summed E-state index contributed by atoms with van der Waals surface area (Å²) in [5, 5.41) is 3.79. The van der Waals surface area contributed by atoms with Gasteiger partial charge in [-0.1, -0.05) is 11.6 Å². The lowest BCUT2D eigenvalue weighted by molar-refractivity contribution is 0.102. The van der Waals surface area contributed by atoms with Gasteiger partial charge in [-0.15, -0.1) is 0 Å². The van der Waals surface area contributed by atoms with Crippen molar-refractivity contribution in [3.05, 3.63) is 64.6 Å². The normalized spacial score (nSPS) is 10.7. The van der Waals surface area contributed by atoms with Gasteiger partial charge in [0.2, 0.25) is 0 Å². The van der Waals surface area contributed by atoms with Crippen molar-refractivity contribution in [2.24, 2.45) is 0 Å². The number of anilines is 1. The van der Waals surface area contributed by atoms with Gasteiger partial charge in [-0.2, -0.15) is 0 Å². The molecule has 0 atom stereocenters. The largest absolute Gasteiger partial charge is 0.495 e. The van der Waals surface area contributed by atoms with Crippen LogP contribution in [0.25, 0.3) is 10.9 Å². The van der Waals surface area contributed by atoms with Crippen molar-refractivity contribution < 1.29 is 13.9 Å². The molecule has 24 heavy (non-hydrogen) atoms. The summed E-state index contributed by atoms with van der Waals surface area (Å²) in [6.45, 7) is 1.73. The van der Waals surface area contributed by atoms with E-state index in [1.807, 2.05) is 0 Å². The first kappa shape index (κ1) is 16.2. The summed E-state index contributed by atoms with van der Waals surface area (Å²) < 4.78 is 18.6. The van der Waals surface area contributed by atoms with E-state index in [9.17, 15) is 9.18 Å². The van der Waals surface area contributed by atoms with Crippen molar-refractivity contribution in [1.82, 2.24) is 4.98 Å². The molecule has 3 aromatic rings. The first-order valence-electron chi connectivity index (χ1n) is 7.20. The van der Waals surface area contributed by atoms with Crippen LogP contribution in [0.1, 0.15) is 16.1 Å². The Hall–Kier alpha value is -2.66. The third kappa shape index (κ3) is 3.16. The van der Waals surface area contributed by atoms with Gasteiger partial charge in [-0.05, 0) is 49.4 Å². The summed E-state index contributed by atoms with van der Waals surface area (Å²) >= 11 is 5.97. The van der Waals surface area contributed by atoms with Crippen LogP contribution in [0.5, 0.6) is 5.75 Å². The lowest BCUT2D eigenvalue weighted by atomic mass is 10.1. The van der Waals surface area contributed by atoms with E-state index in [0.29, 0.717) is 38.6 Å². The van der Waals surface area contributed by atoms with Gasteiger partial charge in [0.15, 0.2) is 0 Å². The first-order chi connectivity index (χ1) is 11.5. The summed E-state index contributed by atoms with van der Waals surface area (Å²) in [5.41, 5.74) is 1.99. The molecule has 2 aromatic carbocycles. The van der Waals surface area contributed by atoms with Crippen LogP contribution >= 0.6 is 11.6 Å². The minimum atomic E-state index is -0.379. The molecule has 1 heterocycles. The van der Waals surface area contributed by atoms with Crippen LogP contribution in [0.3, 0.4) is 0 Å². The molecule has 0 fully saturated rings. The second kappa shape index (κ2) is 6.45. The molecule has 6 heteroatoms. The van der Waals surface area contributed by atoms with E-state index in [1.165, 1.54) is 19.2 Å². The van der Waals surface area contributed by atoms with Gasteiger partial charge in [-0.25, -0.2) is 4.39 Å². The predicted molar refractivity (Wildman–Crippen MR) is 92.4 cm³/mol. The Morgan fingerprint density at radius 3 is 2.75 bits per heavy atom. The number of amides is 1. The second-order valence-electron chi connectivity index (χ2n) is 5.26. The summed E-state index contributed by atoms with van der Waals surface area (Å²) in [4.78, 5) is 17.0. The number of halogens is 2. The number of benzene rings is 2. The maximum Gasteiger partial charge on any atom is 0.257 e. The Kier molecular flexibility index (Phi) is 4.36. The number of nitrogens with zero attached hydrogens (tertiary/aromatic N) is 1. The topological polar surface area (TPSA) is 51.2 Å². The third-order valence-electron chi connectivity index (χ3n) is 3.62. The fraction of sp³-hybridized carbons (Fsp3) is 0.111. The zero-order valence-electron chi connectivity index (χ0n) is 13.1. The number of ether oxygens (including phenoxy) is 1. The predicted octanol–water partition coefficient (Wildman–Crippen LogP) is 4.60. The molecule has 0 saturated heterocycles. The van der Waals surface area contributed by atoms with Gasteiger partial charge in [0, 0.05) is 10.4 Å². The molecule has 0 spiro atoms. The fourth-order valence-corrected chi connectivity index (χ4v) is 2.61. The molecule has 122 valence electrons. The summed E-state index contributed by atoms with van der Waals surface area (Å²) in [5.74, 6) is -0.257. The molecule has 3 rings (SSSR count). The maximum absolute atomic E-state index is 13.4. The van der Waals surface area contributed by atoms with E-state index in [2.05, 4.69) is 10.3 Å². The van der Waals surface area contributed by atoms with Crippen LogP contribution in [-0.2, 0) is 0 Å². The quantitative estimate of drug-likeness (QED) is 0.755. The lowest BCUT2D eigenvalue weighted by Gasteiger charge is -2.12. The summed E-state index contributed by atoms with van der Waals surface area (Å²) in [6.07, 6.45) is 0. The third-order valence-corrected chi connectivity index (χ3v) is 3.86. The molecule has 0 saturated carbocycles. The minimum absolute atomic E-state index is 0.357. The Balaban J connectivity index is 1.99. The minimum Gasteiger partial charge on any atom is -0.495 e. The molecule has 0 aliphatic rings. The van der Waals surface area contributed by atoms with Crippen molar-refractivity contribution >= 4 is 34.1 Å². The molecule has 0 aliphatic carbocycles. The molecular formula is C18H14ClFN2O2. The number of carbonyl (C=O) groups excluding carboxylic acids is 1. The molecule has 1 amide bonds. The van der Waals surface area contributed by atoms with Crippen molar-refractivity contribution in [2.75, 3.05) is 12.4 Å². The number of methoxy groups -OCH3 is 1. The van der Waals surface area contributed by atoms with Crippen LogP contribution in [0.15, 0.2) is 42.5 Å². The van der Waals surface area contributed by atoms with Gasteiger partial charge in [0.1, 0.15) is 11.6 Å². The highest BCUT2D eigenvalue weighted by Crippen LogP contribution is 2.28. The lowest BCUT2D eigenvalue weighted by Crippen LogP contribution is -2.15. The van der Waals surface area contributed by atoms with E-state index in [4.69, 9.17) is 16.3 Å². The van der Waals surface area contributed by atoms with E-state index in [0.717, 1.165) is 0 Å². The Bertz CT molecular complexity index is 944. The van der Waals surface area contributed by atoms with Crippen LogP contribution in [0.2, 0.25) is 5.02 Å². The van der Waals surface area contributed by atoms with Crippen molar-refractivity contribution in [3.8, 4) is 5.75 Å². The number of aromatic nitrogens is 1. The van der Waals surface area contributed by atoms with Gasteiger partial charge in [0.05, 0.1) is 29.6 Å². The fourth-order valence-electron chi connectivity index (χ4n) is 2.44. The highest BCUT2D eigenvalue weighted by molar-refractivity contribution is 6.31. The molecule has 0 unspecified atom stereocenters. The SMILES string of the molecule is COc1ccc(Cl)cc1NC(=O)c1cc2cc(F)ccc2nc1C. The Morgan fingerprint density at radius 1 is 1.21 bits per heavy atom. The van der Waals surface area contributed by atoms with E-state index >= 15 is 0 Å². The highest BCUT2D eigenvalue weighted by Gasteiger charge is 2.14. The summed E-state index contributed by atoms with van der Waals surface area (Å²) in [7, 11) is 1.50. The number of aryl methyl sites for hydroxylation is 1. The summed E-state index contributed by atoms with van der Waals surface area (Å²) in [6, 6.07) is 10.8. The van der Waals surface area contributed by atoms with E-state index < -0.39 is 0 Å². The average molecular weight is 345 g/mol. The Morgan fingerprint density at radius 2 is 2.00 bits per heavy atom. The van der Waals surface area contributed by atoms with Crippen LogP contribution < -0.4 is 10.1 Å². The van der Waals surface area contributed by atoms with E-state index in [-0.39, 0.29) is 11.7 Å². The van der Waals surface area contributed by atoms with Crippen molar-refractivity contribution in [1.29, 1.82) is 0 Å². The average Bonchev–Trinajstić information content (AvgIpc) is 2.54. The number of carbonyl (C=O) groups is 1. The van der Waals surface area contributed by atoms with Gasteiger partial charge in [0.25, 0.3) is 5.91 Å². The monoisotopic (exact) mass is 344 g/mol. The van der Waals surface area contributed by atoms with Gasteiger partial charge in [-0.3, -0.25) is 9.78 Å².